The van der Waals surface area contributed by atoms with Crippen LogP contribution in [0.4, 0.5) is 0 Å². The van der Waals surface area contributed by atoms with Crippen LogP contribution in [0.5, 0.6) is 0 Å². The lowest BCUT2D eigenvalue weighted by Crippen LogP contribution is -2.47. The van der Waals surface area contributed by atoms with Gasteiger partial charge in [0.05, 0.1) is 11.1 Å². The van der Waals surface area contributed by atoms with E-state index in [1.807, 2.05) is 18.7 Å². The summed E-state index contributed by atoms with van der Waals surface area (Å²) < 4.78 is 26.5. The fourth-order valence-electron chi connectivity index (χ4n) is 2.49. The number of aromatic nitrogens is 1. The Kier molecular flexibility index (Phi) is 4.85. The van der Waals surface area contributed by atoms with Crippen LogP contribution in [0.3, 0.4) is 0 Å². The van der Waals surface area contributed by atoms with Gasteiger partial charge in [0, 0.05) is 18.4 Å². The maximum absolute atomic E-state index is 12.2. The summed E-state index contributed by atoms with van der Waals surface area (Å²) in [6.07, 6.45) is 4.04. The Bertz CT molecular complexity index is 633. The van der Waals surface area contributed by atoms with E-state index >= 15 is 0 Å². The Balaban J connectivity index is 2.15. The minimum absolute atomic E-state index is 0.113. The van der Waals surface area contributed by atoms with E-state index in [2.05, 4.69) is 9.71 Å². The molecule has 8 heteroatoms. The molecule has 2 rings (SSSR count). The Morgan fingerprint density at radius 1 is 1.48 bits per heavy atom. The van der Waals surface area contributed by atoms with Crippen LogP contribution in [0, 0.1) is 0 Å². The molecule has 2 heterocycles. The van der Waals surface area contributed by atoms with Crippen molar-refractivity contribution >= 4 is 27.5 Å². The molecule has 1 saturated heterocycles. The van der Waals surface area contributed by atoms with Gasteiger partial charge in [-0.15, -0.1) is 0 Å². The lowest BCUT2D eigenvalue weighted by Gasteiger charge is -2.27. The quantitative estimate of drug-likeness (QED) is 0.902. The lowest BCUT2D eigenvalue weighted by atomic mass is 10.2. The molecule has 116 valence electrons. The monoisotopic (exact) mass is 331 g/mol. The molecular weight excluding hydrogens is 314 g/mol. The molecule has 1 aliphatic rings. The zero-order chi connectivity index (χ0) is 15.6. The van der Waals surface area contributed by atoms with E-state index in [4.69, 9.17) is 11.6 Å². The number of likely N-dealkylation sites (tertiary alicyclic amines) is 1. The summed E-state index contributed by atoms with van der Waals surface area (Å²) in [7, 11) is -3.94. The molecule has 1 aromatic rings. The van der Waals surface area contributed by atoms with Crippen molar-refractivity contribution in [3.63, 3.8) is 0 Å². The lowest BCUT2D eigenvalue weighted by molar-refractivity contribution is -0.124. The van der Waals surface area contributed by atoms with Crippen LogP contribution >= 0.6 is 11.6 Å². The second-order valence-electron chi connectivity index (χ2n) is 5.30. The molecule has 1 fully saturated rings. The van der Waals surface area contributed by atoms with Gasteiger partial charge in [-0.3, -0.25) is 14.7 Å². The van der Waals surface area contributed by atoms with Crippen LogP contribution in [0.15, 0.2) is 23.4 Å². The second kappa shape index (κ2) is 6.29. The fourth-order valence-corrected chi connectivity index (χ4v) is 3.73. The average molecular weight is 332 g/mol. The molecular formula is C13H18ClN3O3S. The molecule has 1 aromatic heterocycles. The fraction of sp³-hybridized carbons (Fsp3) is 0.538. The highest BCUT2D eigenvalue weighted by Gasteiger charge is 2.34. The molecule has 1 N–H and O–H groups in total. The van der Waals surface area contributed by atoms with E-state index in [1.54, 1.807) is 0 Å². The number of hydrogen-bond donors (Lipinski definition) is 1. The normalized spacial score (nSPS) is 19.9. The topological polar surface area (TPSA) is 79.4 Å². The summed E-state index contributed by atoms with van der Waals surface area (Å²) in [5, 5.41) is 0.204. The first-order valence-corrected chi connectivity index (χ1v) is 8.60. The van der Waals surface area contributed by atoms with Gasteiger partial charge in [-0.05, 0) is 39.3 Å². The number of nitrogens with zero attached hydrogens (tertiary/aromatic N) is 2. The van der Waals surface area contributed by atoms with E-state index in [0.717, 1.165) is 19.2 Å². The van der Waals surface area contributed by atoms with Crippen LogP contribution in [0.1, 0.15) is 26.7 Å². The molecule has 0 saturated carbocycles. The van der Waals surface area contributed by atoms with Gasteiger partial charge in [0.15, 0.2) is 0 Å². The van der Waals surface area contributed by atoms with Gasteiger partial charge in [-0.2, -0.15) is 0 Å². The number of halogens is 1. The predicted molar refractivity (Wildman–Crippen MR) is 79.4 cm³/mol. The molecule has 0 spiro atoms. The summed E-state index contributed by atoms with van der Waals surface area (Å²) >= 11 is 5.73. The SMILES string of the molecule is CC(C)N1CCCC1C(=O)NS(=O)(=O)c1cncc(Cl)c1. The Morgan fingerprint density at radius 2 is 2.19 bits per heavy atom. The van der Waals surface area contributed by atoms with Crippen molar-refractivity contribution in [3.05, 3.63) is 23.5 Å². The van der Waals surface area contributed by atoms with Gasteiger partial charge in [0.1, 0.15) is 4.90 Å². The second-order valence-corrected chi connectivity index (χ2v) is 7.42. The molecule has 1 atom stereocenters. The number of carbonyl (C=O) groups excluding carboxylic acids is 1. The largest absolute Gasteiger partial charge is 0.290 e. The molecule has 0 bridgehead atoms. The Morgan fingerprint density at radius 3 is 2.81 bits per heavy atom. The zero-order valence-electron chi connectivity index (χ0n) is 11.9. The first kappa shape index (κ1) is 16.2. The van der Waals surface area contributed by atoms with Crippen LogP contribution in [-0.2, 0) is 14.8 Å². The zero-order valence-corrected chi connectivity index (χ0v) is 13.5. The van der Waals surface area contributed by atoms with Crippen molar-refractivity contribution in [1.82, 2.24) is 14.6 Å². The van der Waals surface area contributed by atoms with Gasteiger partial charge in [-0.25, -0.2) is 13.1 Å². The van der Waals surface area contributed by atoms with Crippen LogP contribution in [-0.4, -0.2) is 42.8 Å². The molecule has 0 radical (unpaired) electrons. The van der Waals surface area contributed by atoms with E-state index < -0.39 is 22.0 Å². The molecule has 1 amide bonds. The van der Waals surface area contributed by atoms with Gasteiger partial charge in [0.2, 0.25) is 0 Å². The molecule has 0 aliphatic carbocycles. The number of carbonyl (C=O) groups is 1. The highest BCUT2D eigenvalue weighted by molar-refractivity contribution is 7.90. The Hall–Kier alpha value is -1.18. The predicted octanol–water partition coefficient (Wildman–Crippen LogP) is 1.41. The van der Waals surface area contributed by atoms with Crippen LogP contribution < -0.4 is 4.72 Å². The highest BCUT2D eigenvalue weighted by atomic mass is 35.5. The maximum atomic E-state index is 12.2. The van der Waals surface area contributed by atoms with Crippen molar-refractivity contribution in [2.24, 2.45) is 0 Å². The number of sulfonamides is 1. The van der Waals surface area contributed by atoms with Crippen molar-refractivity contribution in [1.29, 1.82) is 0 Å². The number of amides is 1. The van der Waals surface area contributed by atoms with E-state index in [9.17, 15) is 13.2 Å². The summed E-state index contributed by atoms with van der Waals surface area (Å²) in [6.45, 7) is 4.77. The van der Waals surface area contributed by atoms with Crippen molar-refractivity contribution < 1.29 is 13.2 Å². The molecule has 1 unspecified atom stereocenters. The summed E-state index contributed by atoms with van der Waals surface area (Å²) in [5.74, 6) is -0.499. The molecule has 21 heavy (non-hydrogen) atoms. The standard InChI is InChI=1S/C13H18ClN3O3S/c1-9(2)17-5-3-4-12(17)13(18)16-21(19,20)11-6-10(14)7-15-8-11/h6-9,12H,3-5H2,1-2H3,(H,16,18). The highest BCUT2D eigenvalue weighted by Crippen LogP contribution is 2.21. The summed E-state index contributed by atoms with van der Waals surface area (Å²) in [5.41, 5.74) is 0. The number of rotatable bonds is 4. The summed E-state index contributed by atoms with van der Waals surface area (Å²) in [4.78, 5) is 17.9. The molecule has 0 aromatic carbocycles. The van der Waals surface area contributed by atoms with Gasteiger partial charge < -0.3 is 0 Å². The molecule has 1 aliphatic heterocycles. The van der Waals surface area contributed by atoms with Crippen molar-refractivity contribution in [2.75, 3.05) is 6.54 Å². The maximum Gasteiger partial charge on any atom is 0.265 e. The molecule has 6 nitrogen and oxygen atoms in total. The van der Waals surface area contributed by atoms with E-state index in [0.29, 0.717) is 6.42 Å². The number of nitrogens with one attached hydrogen (secondary N) is 1. The van der Waals surface area contributed by atoms with E-state index in [1.165, 1.54) is 12.3 Å². The smallest absolute Gasteiger partial charge is 0.265 e. The van der Waals surface area contributed by atoms with Crippen molar-refractivity contribution in [2.45, 2.75) is 43.7 Å². The van der Waals surface area contributed by atoms with Crippen LogP contribution in [0.2, 0.25) is 5.02 Å². The third-order valence-corrected chi connectivity index (χ3v) is 5.01. The first-order chi connectivity index (χ1) is 9.81. The van der Waals surface area contributed by atoms with E-state index in [-0.39, 0.29) is 16.0 Å². The number of hydrogen-bond acceptors (Lipinski definition) is 5. The summed E-state index contributed by atoms with van der Waals surface area (Å²) in [6, 6.07) is 1.05. The van der Waals surface area contributed by atoms with Gasteiger partial charge >= 0.3 is 0 Å². The van der Waals surface area contributed by atoms with Crippen molar-refractivity contribution in [3.8, 4) is 0 Å². The third-order valence-electron chi connectivity index (χ3n) is 3.49. The van der Waals surface area contributed by atoms with Gasteiger partial charge in [0.25, 0.3) is 15.9 Å². The Labute approximate surface area is 129 Å². The number of pyridine rings is 1. The third kappa shape index (κ3) is 3.72. The minimum atomic E-state index is -3.94. The minimum Gasteiger partial charge on any atom is -0.290 e. The van der Waals surface area contributed by atoms with Crippen LogP contribution in [0.25, 0.3) is 0 Å². The average Bonchev–Trinajstić information content (AvgIpc) is 2.87. The van der Waals surface area contributed by atoms with Gasteiger partial charge in [-0.1, -0.05) is 11.6 Å². The first-order valence-electron chi connectivity index (χ1n) is 6.74.